The second kappa shape index (κ2) is 7.57. The molecule has 0 aliphatic heterocycles. The molecule has 0 spiro atoms. The molecule has 4 heteroatoms. The van der Waals surface area contributed by atoms with E-state index < -0.39 is 11.4 Å². The maximum Gasteiger partial charge on any atom is 0.310 e. The van der Waals surface area contributed by atoms with E-state index in [2.05, 4.69) is 47.6 Å². The number of carbonyl (C=O) groups is 1. The van der Waals surface area contributed by atoms with Crippen LogP contribution in [-0.4, -0.2) is 34.0 Å². The van der Waals surface area contributed by atoms with Crippen LogP contribution in [0.5, 0.6) is 0 Å². The number of rotatable bonds is 2. The van der Waals surface area contributed by atoms with Crippen molar-refractivity contribution in [2.24, 2.45) is 56.7 Å². The molecule has 0 amide bonds. The third kappa shape index (κ3) is 2.76. The minimum Gasteiger partial charge on any atom is -0.481 e. The number of carboxylic acids is 1. The Labute approximate surface area is 206 Å². The molecule has 0 unspecified atom stereocenters. The molecule has 4 saturated carbocycles. The van der Waals surface area contributed by atoms with E-state index in [-0.39, 0.29) is 40.3 Å². The largest absolute Gasteiger partial charge is 0.481 e. The van der Waals surface area contributed by atoms with Crippen LogP contribution in [0.4, 0.5) is 0 Å². The predicted molar refractivity (Wildman–Crippen MR) is 134 cm³/mol. The third-order valence-corrected chi connectivity index (χ3v) is 13.3. The van der Waals surface area contributed by atoms with Gasteiger partial charge in [0.15, 0.2) is 0 Å². The van der Waals surface area contributed by atoms with Gasteiger partial charge in [-0.1, -0.05) is 53.2 Å². The van der Waals surface area contributed by atoms with E-state index in [9.17, 15) is 20.1 Å². The second-order valence-electron chi connectivity index (χ2n) is 14.4. The van der Waals surface area contributed by atoms with Gasteiger partial charge in [0.05, 0.1) is 18.1 Å². The highest BCUT2D eigenvalue weighted by Gasteiger charge is 2.70. The Morgan fingerprint density at radius 2 is 1.68 bits per heavy atom. The molecule has 5 rings (SSSR count). The van der Waals surface area contributed by atoms with Gasteiger partial charge < -0.3 is 15.3 Å². The van der Waals surface area contributed by atoms with Crippen molar-refractivity contribution in [3.8, 4) is 0 Å². The van der Waals surface area contributed by atoms with Crippen LogP contribution in [0.25, 0.3) is 0 Å². The van der Waals surface area contributed by atoms with E-state index in [0.717, 1.165) is 51.4 Å². The fourth-order valence-electron chi connectivity index (χ4n) is 11.0. The predicted octanol–water partition coefficient (Wildman–Crippen LogP) is 6.06. The molecule has 34 heavy (non-hydrogen) atoms. The molecule has 0 heterocycles. The van der Waals surface area contributed by atoms with Gasteiger partial charge in [-0.05, 0) is 104 Å². The summed E-state index contributed by atoms with van der Waals surface area (Å²) in [6, 6.07) is 0. The number of aliphatic carboxylic acids is 1. The van der Waals surface area contributed by atoms with Crippen molar-refractivity contribution in [1.82, 2.24) is 0 Å². The number of aliphatic hydroxyl groups is 2. The summed E-state index contributed by atoms with van der Waals surface area (Å²) in [6.45, 7) is 14.2. The van der Waals surface area contributed by atoms with Gasteiger partial charge in [-0.3, -0.25) is 4.79 Å². The van der Waals surface area contributed by atoms with E-state index >= 15 is 0 Å². The lowest BCUT2D eigenvalue weighted by Gasteiger charge is -2.71. The Hall–Kier alpha value is -0.870. The molecule has 5 aliphatic carbocycles. The summed E-state index contributed by atoms with van der Waals surface area (Å²) in [6.07, 6.45) is 10.5. The number of aliphatic hydroxyl groups excluding tert-OH is 2. The summed E-state index contributed by atoms with van der Waals surface area (Å²) in [7, 11) is 0. The van der Waals surface area contributed by atoms with Gasteiger partial charge in [-0.2, -0.15) is 0 Å². The smallest absolute Gasteiger partial charge is 0.310 e. The van der Waals surface area contributed by atoms with E-state index in [4.69, 9.17) is 0 Å². The van der Waals surface area contributed by atoms with Crippen LogP contribution in [-0.2, 0) is 4.79 Å². The van der Waals surface area contributed by atoms with Crippen LogP contribution in [0, 0.1) is 56.7 Å². The average molecular weight is 473 g/mol. The van der Waals surface area contributed by atoms with Crippen molar-refractivity contribution in [3.05, 3.63) is 11.6 Å². The van der Waals surface area contributed by atoms with Gasteiger partial charge in [0.1, 0.15) is 0 Å². The maximum atomic E-state index is 12.8. The summed E-state index contributed by atoms with van der Waals surface area (Å²) in [4.78, 5) is 12.8. The van der Waals surface area contributed by atoms with E-state index in [1.165, 1.54) is 5.57 Å². The second-order valence-corrected chi connectivity index (χ2v) is 14.4. The summed E-state index contributed by atoms with van der Waals surface area (Å²) in [5.74, 6) is 1.17. The molecule has 10 atom stereocenters. The number of hydrogen-bond acceptors (Lipinski definition) is 3. The monoisotopic (exact) mass is 472 g/mol. The molecule has 0 aromatic rings. The van der Waals surface area contributed by atoms with E-state index in [1.807, 2.05) is 0 Å². The molecule has 0 aromatic heterocycles. The van der Waals surface area contributed by atoms with Gasteiger partial charge >= 0.3 is 5.97 Å². The molecule has 0 radical (unpaired) electrons. The summed E-state index contributed by atoms with van der Waals surface area (Å²) >= 11 is 0. The summed E-state index contributed by atoms with van der Waals surface area (Å²) < 4.78 is 0. The van der Waals surface area contributed by atoms with Crippen molar-refractivity contribution in [3.63, 3.8) is 0 Å². The molecular weight excluding hydrogens is 424 g/mol. The topological polar surface area (TPSA) is 77.8 Å². The van der Waals surface area contributed by atoms with Crippen molar-refractivity contribution < 1.29 is 20.1 Å². The van der Waals surface area contributed by atoms with Crippen molar-refractivity contribution in [2.45, 2.75) is 105 Å². The lowest BCUT2D eigenvalue weighted by molar-refractivity contribution is -0.215. The maximum absolute atomic E-state index is 12.8. The van der Waals surface area contributed by atoms with Crippen molar-refractivity contribution >= 4 is 5.97 Å². The molecule has 0 bridgehead atoms. The Bertz CT molecular complexity index is 892. The van der Waals surface area contributed by atoms with Gasteiger partial charge in [0.25, 0.3) is 0 Å². The Balaban J connectivity index is 1.64. The van der Waals surface area contributed by atoms with Gasteiger partial charge in [-0.15, -0.1) is 0 Å². The number of fused-ring (bicyclic) bond motifs is 7. The molecule has 192 valence electrons. The van der Waals surface area contributed by atoms with E-state index in [0.29, 0.717) is 30.1 Å². The number of hydrogen-bond donors (Lipinski definition) is 3. The zero-order chi connectivity index (χ0) is 24.9. The Morgan fingerprint density at radius 3 is 2.32 bits per heavy atom. The SMILES string of the molecule is C[C@H]1[C@H](C)CC[C@]2(C(=O)O)CC[C@]3(CO)C(=CC[C@@H]4[C@@]5(C)CC[C@H](O)C(C)(C)[C@@H]5CC[C@]43C)[C@H]12. The van der Waals surface area contributed by atoms with Crippen LogP contribution in [0.2, 0.25) is 0 Å². The highest BCUT2D eigenvalue weighted by molar-refractivity contribution is 5.76. The molecule has 0 saturated heterocycles. The molecule has 5 aliphatic rings. The first-order valence-electron chi connectivity index (χ1n) is 14.0. The van der Waals surface area contributed by atoms with Crippen LogP contribution >= 0.6 is 0 Å². The van der Waals surface area contributed by atoms with Crippen molar-refractivity contribution in [1.29, 1.82) is 0 Å². The minimum atomic E-state index is -0.669. The first-order valence-corrected chi connectivity index (χ1v) is 14.0. The molecule has 4 fully saturated rings. The summed E-state index contributed by atoms with van der Waals surface area (Å²) in [5, 5.41) is 32.7. The third-order valence-electron chi connectivity index (χ3n) is 13.3. The Morgan fingerprint density at radius 1 is 0.971 bits per heavy atom. The fourth-order valence-corrected chi connectivity index (χ4v) is 11.0. The standard InChI is InChI=1S/C30H48O4/c1-18-9-14-29(25(33)34)15-16-30(17-31)20(24(29)19(18)2)7-8-22-27(5)12-11-23(32)26(3,4)21(27)10-13-28(22,30)6/h7,18-19,21-24,31-32H,8-17H2,1-6H3,(H,33,34)/t18-,19+,21+,22-,23+,24+,27+,28-,29+,30+/m1/s1. The normalized spacial score (nSPS) is 54.1. The van der Waals surface area contributed by atoms with Crippen LogP contribution in [0.3, 0.4) is 0 Å². The summed E-state index contributed by atoms with van der Waals surface area (Å²) in [5.41, 5.74) is 0.311. The molecule has 4 nitrogen and oxygen atoms in total. The lowest BCUT2D eigenvalue weighted by Crippen LogP contribution is -2.67. The fraction of sp³-hybridized carbons (Fsp3) is 0.900. The van der Waals surface area contributed by atoms with Crippen LogP contribution in [0.15, 0.2) is 11.6 Å². The first-order chi connectivity index (χ1) is 15.8. The van der Waals surface area contributed by atoms with E-state index in [1.54, 1.807) is 0 Å². The zero-order valence-electron chi connectivity index (χ0n) is 22.4. The van der Waals surface area contributed by atoms with Gasteiger partial charge in [0.2, 0.25) is 0 Å². The average Bonchev–Trinajstić information content (AvgIpc) is 2.78. The first kappa shape index (κ1) is 24.8. The Kier molecular flexibility index (Phi) is 5.52. The molecule has 3 N–H and O–H groups in total. The van der Waals surface area contributed by atoms with Crippen molar-refractivity contribution in [2.75, 3.05) is 6.61 Å². The lowest BCUT2D eigenvalue weighted by atomic mass is 9.33. The van der Waals surface area contributed by atoms with Crippen LogP contribution < -0.4 is 0 Å². The molecular formula is C30H48O4. The van der Waals surface area contributed by atoms with Gasteiger partial charge in [0, 0.05) is 5.41 Å². The zero-order valence-corrected chi connectivity index (χ0v) is 22.4. The highest BCUT2D eigenvalue weighted by Crippen LogP contribution is 2.75. The minimum absolute atomic E-state index is 0.0302. The number of allylic oxidation sites excluding steroid dienone is 1. The molecule has 0 aromatic carbocycles. The quantitative estimate of drug-likeness (QED) is 0.427. The van der Waals surface area contributed by atoms with Gasteiger partial charge in [-0.25, -0.2) is 0 Å². The number of carboxylic acid groups (broad SMARTS) is 1. The van der Waals surface area contributed by atoms with Crippen LogP contribution in [0.1, 0.15) is 99.3 Å². The highest BCUT2D eigenvalue weighted by atomic mass is 16.4.